The van der Waals surface area contributed by atoms with Crippen molar-refractivity contribution in [2.24, 2.45) is 4.99 Å². The van der Waals surface area contributed by atoms with Gasteiger partial charge in [0.25, 0.3) is 0 Å². The van der Waals surface area contributed by atoms with Gasteiger partial charge in [0.05, 0.1) is 13.2 Å². The summed E-state index contributed by atoms with van der Waals surface area (Å²) < 4.78 is 5.26. The number of nitrogens with one attached hydrogen (secondary N) is 2. The van der Waals surface area contributed by atoms with E-state index in [0.717, 1.165) is 31.3 Å². The van der Waals surface area contributed by atoms with E-state index < -0.39 is 0 Å². The summed E-state index contributed by atoms with van der Waals surface area (Å²) in [5.41, 5.74) is 1.26. The summed E-state index contributed by atoms with van der Waals surface area (Å²) >= 11 is 0. The van der Waals surface area contributed by atoms with Crippen LogP contribution in [-0.2, 0) is 0 Å². The lowest BCUT2D eigenvalue weighted by atomic mass is 10.1. The van der Waals surface area contributed by atoms with E-state index in [2.05, 4.69) is 58.6 Å². The molecule has 2 rings (SSSR count). The molecule has 6 heteroatoms. The minimum atomic E-state index is 0.262. The van der Waals surface area contributed by atoms with Crippen LogP contribution in [-0.4, -0.2) is 76.2 Å². The van der Waals surface area contributed by atoms with E-state index in [-0.39, 0.29) is 6.04 Å². The third-order valence-electron chi connectivity index (χ3n) is 5.22. The molecule has 1 heterocycles. The normalized spacial score (nSPS) is 19.6. The zero-order valence-corrected chi connectivity index (χ0v) is 17.0. The van der Waals surface area contributed by atoms with E-state index in [0.29, 0.717) is 6.04 Å². The second-order valence-corrected chi connectivity index (χ2v) is 7.01. The monoisotopic (exact) mass is 361 g/mol. The van der Waals surface area contributed by atoms with Gasteiger partial charge in [-0.1, -0.05) is 19.1 Å². The fourth-order valence-electron chi connectivity index (χ4n) is 3.60. The number of likely N-dealkylation sites (N-methyl/N-ethyl adjacent to an activating group) is 2. The van der Waals surface area contributed by atoms with Gasteiger partial charge < -0.3 is 20.3 Å². The largest absolute Gasteiger partial charge is 0.497 e. The molecule has 6 nitrogen and oxygen atoms in total. The van der Waals surface area contributed by atoms with Crippen molar-refractivity contribution in [2.75, 3.05) is 54.4 Å². The highest BCUT2D eigenvalue weighted by Crippen LogP contribution is 2.20. The van der Waals surface area contributed by atoms with Gasteiger partial charge in [0.2, 0.25) is 0 Å². The van der Waals surface area contributed by atoms with E-state index in [1.54, 1.807) is 7.11 Å². The minimum Gasteiger partial charge on any atom is -0.497 e. The number of aliphatic imine (C=N–C) groups is 1. The number of hydrogen-bond donors (Lipinski definition) is 2. The van der Waals surface area contributed by atoms with Crippen LogP contribution in [0.2, 0.25) is 0 Å². The molecule has 0 saturated carbocycles. The Balaban J connectivity index is 1.89. The second-order valence-electron chi connectivity index (χ2n) is 7.01. The first-order valence-electron chi connectivity index (χ1n) is 9.58. The van der Waals surface area contributed by atoms with Gasteiger partial charge in [-0.25, -0.2) is 0 Å². The molecule has 0 aromatic heterocycles. The van der Waals surface area contributed by atoms with Gasteiger partial charge >= 0.3 is 0 Å². The topological polar surface area (TPSA) is 52.1 Å². The van der Waals surface area contributed by atoms with E-state index in [4.69, 9.17) is 4.74 Å². The second kappa shape index (κ2) is 10.4. The molecule has 1 fully saturated rings. The van der Waals surface area contributed by atoms with E-state index in [9.17, 15) is 0 Å². The van der Waals surface area contributed by atoms with E-state index >= 15 is 0 Å². The SMILES string of the molecule is CCN1CCCC1CNC(=NC)NCC(c1ccc(OC)cc1)N(C)C. The molecule has 1 saturated heterocycles. The Hall–Kier alpha value is -1.79. The Morgan fingerprint density at radius 1 is 1.31 bits per heavy atom. The maximum atomic E-state index is 5.26. The molecule has 0 radical (unpaired) electrons. The lowest BCUT2D eigenvalue weighted by molar-refractivity contribution is 0.266. The predicted molar refractivity (Wildman–Crippen MR) is 109 cm³/mol. The van der Waals surface area contributed by atoms with Crippen molar-refractivity contribution in [2.45, 2.75) is 31.8 Å². The molecule has 146 valence electrons. The van der Waals surface area contributed by atoms with Gasteiger partial charge in [0.1, 0.15) is 5.75 Å². The average Bonchev–Trinajstić information content (AvgIpc) is 3.12. The zero-order chi connectivity index (χ0) is 18.9. The third kappa shape index (κ3) is 5.61. The molecular formula is C20H35N5O. The highest BCUT2D eigenvalue weighted by molar-refractivity contribution is 5.79. The summed E-state index contributed by atoms with van der Waals surface area (Å²) in [6.07, 6.45) is 2.57. The Morgan fingerprint density at radius 2 is 2.04 bits per heavy atom. The lowest BCUT2D eigenvalue weighted by Crippen LogP contribution is -2.46. The Morgan fingerprint density at radius 3 is 2.62 bits per heavy atom. The van der Waals surface area contributed by atoms with Gasteiger partial charge in [-0.3, -0.25) is 9.89 Å². The highest BCUT2D eigenvalue weighted by atomic mass is 16.5. The molecule has 2 N–H and O–H groups in total. The summed E-state index contributed by atoms with van der Waals surface area (Å²) in [5, 5.41) is 6.98. The Labute approximate surface area is 158 Å². The molecule has 1 aromatic rings. The summed E-state index contributed by atoms with van der Waals surface area (Å²) in [5.74, 6) is 1.75. The number of nitrogens with zero attached hydrogens (tertiary/aromatic N) is 3. The van der Waals surface area contributed by atoms with Crippen LogP contribution < -0.4 is 15.4 Å². The Bertz CT molecular complexity index is 558. The molecule has 0 aliphatic carbocycles. The summed E-state index contributed by atoms with van der Waals surface area (Å²) in [6.45, 7) is 6.32. The number of rotatable bonds is 8. The fraction of sp³-hybridized carbons (Fsp3) is 0.650. The summed E-state index contributed by atoms with van der Waals surface area (Å²) in [4.78, 5) is 9.15. The number of methoxy groups -OCH3 is 1. The van der Waals surface area contributed by atoms with Crippen LogP contribution in [0.3, 0.4) is 0 Å². The van der Waals surface area contributed by atoms with Crippen LogP contribution in [0.4, 0.5) is 0 Å². The number of guanidine groups is 1. The molecule has 0 amide bonds. The first kappa shape index (κ1) is 20.5. The van der Waals surface area contributed by atoms with E-state index in [1.165, 1.54) is 24.9 Å². The zero-order valence-electron chi connectivity index (χ0n) is 17.0. The molecule has 1 aliphatic heterocycles. The van der Waals surface area contributed by atoms with Crippen LogP contribution in [0.5, 0.6) is 5.75 Å². The molecule has 0 spiro atoms. The molecule has 1 aromatic carbocycles. The van der Waals surface area contributed by atoms with Crippen molar-refractivity contribution in [3.05, 3.63) is 29.8 Å². The fourth-order valence-corrected chi connectivity index (χ4v) is 3.60. The maximum absolute atomic E-state index is 5.26. The quantitative estimate of drug-likeness (QED) is 0.547. The third-order valence-corrected chi connectivity index (χ3v) is 5.22. The van der Waals surface area contributed by atoms with Gasteiger partial charge in [-0.2, -0.15) is 0 Å². The summed E-state index contributed by atoms with van der Waals surface area (Å²) in [6, 6.07) is 9.15. The highest BCUT2D eigenvalue weighted by Gasteiger charge is 2.23. The van der Waals surface area contributed by atoms with Crippen molar-refractivity contribution in [3.8, 4) is 5.75 Å². The van der Waals surface area contributed by atoms with Crippen LogP contribution in [0.1, 0.15) is 31.4 Å². The smallest absolute Gasteiger partial charge is 0.191 e. The standard InChI is InChI=1S/C20H35N5O/c1-6-25-13-7-8-17(25)14-22-20(21-2)23-15-19(24(3)4)16-9-11-18(26-5)12-10-16/h9-12,17,19H,6-8,13-15H2,1-5H3,(H2,21,22,23). The average molecular weight is 362 g/mol. The molecule has 26 heavy (non-hydrogen) atoms. The number of ether oxygens (including phenoxy) is 1. The molecular weight excluding hydrogens is 326 g/mol. The maximum Gasteiger partial charge on any atom is 0.191 e. The summed E-state index contributed by atoms with van der Waals surface area (Å²) in [7, 11) is 7.73. The van der Waals surface area contributed by atoms with Crippen LogP contribution in [0.25, 0.3) is 0 Å². The van der Waals surface area contributed by atoms with Crippen molar-refractivity contribution < 1.29 is 4.74 Å². The molecule has 1 aliphatic rings. The Kier molecular flexibility index (Phi) is 8.19. The van der Waals surface area contributed by atoms with Crippen LogP contribution >= 0.6 is 0 Å². The van der Waals surface area contributed by atoms with Gasteiger partial charge in [-0.15, -0.1) is 0 Å². The number of hydrogen-bond acceptors (Lipinski definition) is 4. The van der Waals surface area contributed by atoms with Crippen molar-refractivity contribution >= 4 is 5.96 Å². The van der Waals surface area contributed by atoms with Crippen LogP contribution in [0, 0.1) is 0 Å². The van der Waals surface area contributed by atoms with Gasteiger partial charge in [-0.05, 0) is 57.7 Å². The minimum absolute atomic E-state index is 0.262. The van der Waals surface area contributed by atoms with Gasteiger partial charge in [0.15, 0.2) is 5.96 Å². The molecule has 2 atom stereocenters. The number of likely N-dealkylation sites (tertiary alicyclic amines) is 1. The first-order chi connectivity index (χ1) is 12.6. The van der Waals surface area contributed by atoms with E-state index in [1.807, 2.05) is 19.2 Å². The van der Waals surface area contributed by atoms with Crippen LogP contribution in [0.15, 0.2) is 29.3 Å². The van der Waals surface area contributed by atoms with Gasteiger partial charge in [0, 0.05) is 26.2 Å². The van der Waals surface area contributed by atoms with Crippen molar-refractivity contribution in [3.63, 3.8) is 0 Å². The molecule has 0 bridgehead atoms. The molecule has 2 unspecified atom stereocenters. The predicted octanol–water partition coefficient (Wildman–Crippen LogP) is 1.95. The first-order valence-corrected chi connectivity index (χ1v) is 9.58. The lowest BCUT2D eigenvalue weighted by Gasteiger charge is -2.27. The van der Waals surface area contributed by atoms with Crippen molar-refractivity contribution in [1.29, 1.82) is 0 Å². The number of benzene rings is 1. The van der Waals surface area contributed by atoms with Crippen molar-refractivity contribution in [1.82, 2.24) is 20.4 Å².